The van der Waals surface area contributed by atoms with Crippen molar-refractivity contribution in [3.05, 3.63) is 42.2 Å². The molecule has 120 valence electrons. The van der Waals surface area contributed by atoms with Crippen molar-refractivity contribution in [3.63, 3.8) is 0 Å². The maximum absolute atomic E-state index is 12.4. The van der Waals surface area contributed by atoms with Gasteiger partial charge in [-0.2, -0.15) is 0 Å². The van der Waals surface area contributed by atoms with E-state index in [0.717, 1.165) is 5.69 Å². The molecule has 1 aliphatic carbocycles. The molecular formula is C17H19N3O3. The summed E-state index contributed by atoms with van der Waals surface area (Å²) in [7, 11) is 3.12. The van der Waals surface area contributed by atoms with Crippen molar-refractivity contribution < 1.29 is 14.3 Å². The first-order valence-corrected chi connectivity index (χ1v) is 7.45. The number of carbonyl (C=O) groups is 1. The van der Waals surface area contributed by atoms with Crippen LogP contribution < -0.4 is 20.1 Å². The largest absolute Gasteiger partial charge is 0.497 e. The Balaban J connectivity index is 1.75. The first-order valence-electron chi connectivity index (χ1n) is 7.45. The van der Waals surface area contributed by atoms with Crippen molar-refractivity contribution in [2.45, 2.75) is 18.9 Å². The topological polar surface area (TPSA) is 72.5 Å². The second-order valence-electron chi connectivity index (χ2n) is 5.37. The van der Waals surface area contributed by atoms with Crippen LogP contribution in [-0.4, -0.2) is 31.2 Å². The number of aromatic nitrogens is 1. The van der Waals surface area contributed by atoms with Gasteiger partial charge < -0.3 is 20.1 Å². The molecule has 2 aromatic rings. The highest BCUT2D eigenvalue weighted by atomic mass is 16.5. The summed E-state index contributed by atoms with van der Waals surface area (Å²) in [6, 6.07) is 9.36. The lowest BCUT2D eigenvalue weighted by atomic mass is 10.2. The van der Waals surface area contributed by atoms with E-state index in [2.05, 4.69) is 15.6 Å². The minimum atomic E-state index is -0.284. The van der Waals surface area contributed by atoms with Crippen LogP contribution in [0.15, 0.2) is 36.5 Å². The number of anilines is 2. The van der Waals surface area contributed by atoms with Gasteiger partial charge in [-0.1, -0.05) is 0 Å². The molecular weight excluding hydrogens is 294 g/mol. The van der Waals surface area contributed by atoms with E-state index >= 15 is 0 Å². The van der Waals surface area contributed by atoms with Crippen molar-refractivity contribution in [1.82, 2.24) is 4.98 Å². The highest BCUT2D eigenvalue weighted by molar-refractivity contribution is 6.04. The van der Waals surface area contributed by atoms with Gasteiger partial charge >= 0.3 is 0 Å². The summed E-state index contributed by atoms with van der Waals surface area (Å²) in [5.74, 6) is 0.909. The Labute approximate surface area is 134 Å². The Kier molecular flexibility index (Phi) is 4.32. The molecule has 0 atom stereocenters. The van der Waals surface area contributed by atoms with E-state index in [1.165, 1.54) is 12.8 Å². The highest BCUT2D eigenvalue weighted by Crippen LogP contribution is 2.29. The summed E-state index contributed by atoms with van der Waals surface area (Å²) in [6.45, 7) is 0. The van der Waals surface area contributed by atoms with Crippen LogP contribution >= 0.6 is 0 Å². The molecule has 1 heterocycles. The molecule has 0 aliphatic heterocycles. The van der Waals surface area contributed by atoms with Gasteiger partial charge in [0, 0.05) is 24.0 Å². The molecule has 0 saturated heterocycles. The second-order valence-corrected chi connectivity index (χ2v) is 5.37. The fourth-order valence-corrected chi connectivity index (χ4v) is 2.20. The lowest BCUT2D eigenvalue weighted by Gasteiger charge is -2.12. The summed E-state index contributed by atoms with van der Waals surface area (Å²) in [6.07, 6.45) is 3.98. The minimum absolute atomic E-state index is 0.284. The number of carbonyl (C=O) groups excluding carboxylic acids is 1. The average Bonchev–Trinajstić information content (AvgIpc) is 3.39. The molecule has 2 N–H and O–H groups in total. The molecule has 1 aliphatic rings. The summed E-state index contributed by atoms with van der Waals surface area (Å²) < 4.78 is 10.4. The van der Waals surface area contributed by atoms with Crippen LogP contribution in [0, 0.1) is 0 Å². The number of ether oxygens (including phenoxy) is 2. The van der Waals surface area contributed by atoms with Gasteiger partial charge in [-0.3, -0.25) is 9.78 Å². The normalized spacial score (nSPS) is 13.3. The standard InChI is InChI=1S/C17H19N3O3/c1-22-13-5-6-14(16(10-13)23-2)20-17(21)15-9-12(7-8-18-15)19-11-3-4-11/h5-11H,3-4H2,1-2H3,(H,18,19)(H,20,21). The van der Waals surface area contributed by atoms with Crippen LogP contribution in [0.3, 0.4) is 0 Å². The van der Waals surface area contributed by atoms with Gasteiger partial charge in [0.15, 0.2) is 0 Å². The number of benzene rings is 1. The third kappa shape index (κ3) is 3.71. The maximum atomic E-state index is 12.4. The van der Waals surface area contributed by atoms with Crippen molar-refractivity contribution in [3.8, 4) is 11.5 Å². The van der Waals surface area contributed by atoms with Gasteiger partial charge in [-0.25, -0.2) is 0 Å². The van der Waals surface area contributed by atoms with Gasteiger partial charge in [-0.05, 0) is 37.1 Å². The van der Waals surface area contributed by atoms with Crippen LogP contribution in [-0.2, 0) is 0 Å². The number of nitrogens with one attached hydrogen (secondary N) is 2. The molecule has 1 fully saturated rings. The van der Waals surface area contributed by atoms with Crippen LogP contribution in [0.4, 0.5) is 11.4 Å². The van der Waals surface area contributed by atoms with Crippen LogP contribution in [0.2, 0.25) is 0 Å². The van der Waals surface area contributed by atoms with Gasteiger partial charge in [0.25, 0.3) is 5.91 Å². The second kappa shape index (κ2) is 6.56. The number of hydrogen-bond acceptors (Lipinski definition) is 5. The minimum Gasteiger partial charge on any atom is -0.497 e. The van der Waals surface area contributed by atoms with Gasteiger partial charge in [0.2, 0.25) is 0 Å². The van der Waals surface area contributed by atoms with Crippen molar-refractivity contribution in [2.24, 2.45) is 0 Å². The zero-order chi connectivity index (χ0) is 16.2. The third-order valence-corrected chi connectivity index (χ3v) is 3.60. The van der Waals surface area contributed by atoms with Gasteiger partial charge in [0.05, 0.1) is 19.9 Å². The van der Waals surface area contributed by atoms with E-state index in [0.29, 0.717) is 28.9 Å². The van der Waals surface area contributed by atoms with Gasteiger partial charge in [0.1, 0.15) is 17.2 Å². The molecule has 23 heavy (non-hydrogen) atoms. The Morgan fingerprint density at radius 1 is 1.17 bits per heavy atom. The third-order valence-electron chi connectivity index (χ3n) is 3.60. The predicted molar refractivity (Wildman–Crippen MR) is 88.4 cm³/mol. The molecule has 6 heteroatoms. The molecule has 1 amide bonds. The summed E-state index contributed by atoms with van der Waals surface area (Å²) in [5, 5.41) is 6.17. The van der Waals surface area contributed by atoms with E-state index in [9.17, 15) is 4.79 Å². The summed E-state index contributed by atoms with van der Waals surface area (Å²) >= 11 is 0. The Morgan fingerprint density at radius 3 is 2.70 bits per heavy atom. The van der Waals surface area contributed by atoms with Crippen molar-refractivity contribution in [1.29, 1.82) is 0 Å². The quantitative estimate of drug-likeness (QED) is 0.858. The smallest absolute Gasteiger partial charge is 0.274 e. The Hall–Kier alpha value is -2.76. The fourth-order valence-electron chi connectivity index (χ4n) is 2.20. The van der Waals surface area contributed by atoms with E-state index in [4.69, 9.17) is 9.47 Å². The van der Waals surface area contributed by atoms with Crippen LogP contribution in [0.25, 0.3) is 0 Å². The highest BCUT2D eigenvalue weighted by Gasteiger charge is 2.21. The number of rotatable bonds is 6. The summed E-state index contributed by atoms with van der Waals surface area (Å²) in [5.41, 5.74) is 1.84. The molecule has 0 spiro atoms. The SMILES string of the molecule is COc1ccc(NC(=O)c2cc(NC3CC3)ccn2)c(OC)c1. The van der Waals surface area contributed by atoms with E-state index in [1.807, 2.05) is 6.07 Å². The molecule has 1 aromatic heterocycles. The molecule has 6 nitrogen and oxygen atoms in total. The van der Waals surface area contributed by atoms with Crippen LogP contribution in [0.5, 0.6) is 11.5 Å². The lowest BCUT2D eigenvalue weighted by Crippen LogP contribution is -2.15. The first-order chi connectivity index (χ1) is 11.2. The van der Waals surface area contributed by atoms with E-state index < -0.39 is 0 Å². The zero-order valence-corrected chi connectivity index (χ0v) is 13.1. The number of pyridine rings is 1. The zero-order valence-electron chi connectivity index (χ0n) is 13.1. The fraction of sp³-hybridized carbons (Fsp3) is 0.294. The predicted octanol–water partition coefficient (Wildman–Crippen LogP) is 2.93. The van der Waals surface area contributed by atoms with Crippen molar-refractivity contribution >= 4 is 17.3 Å². The number of methoxy groups -OCH3 is 2. The first kappa shape index (κ1) is 15.1. The monoisotopic (exact) mass is 313 g/mol. The van der Waals surface area contributed by atoms with E-state index in [-0.39, 0.29) is 5.91 Å². The molecule has 3 rings (SSSR count). The molecule has 0 radical (unpaired) electrons. The molecule has 0 unspecified atom stereocenters. The lowest BCUT2D eigenvalue weighted by molar-refractivity contribution is 0.102. The molecule has 0 bridgehead atoms. The maximum Gasteiger partial charge on any atom is 0.274 e. The van der Waals surface area contributed by atoms with E-state index in [1.54, 1.807) is 44.7 Å². The number of amides is 1. The number of nitrogens with zero attached hydrogens (tertiary/aromatic N) is 1. The van der Waals surface area contributed by atoms with Crippen molar-refractivity contribution in [2.75, 3.05) is 24.9 Å². The Morgan fingerprint density at radius 2 is 2.00 bits per heavy atom. The Bertz CT molecular complexity index is 714. The average molecular weight is 313 g/mol. The van der Waals surface area contributed by atoms with Crippen LogP contribution in [0.1, 0.15) is 23.3 Å². The summed E-state index contributed by atoms with van der Waals surface area (Å²) in [4.78, 5) is 16.5. The van der Waals surface area contributed by atoms with Gasteiger partial charge in [-0.15, -0.1) is 0 Å². The molecule has 1 saturated carbocycles. The molecule has 1 aromatic carbocycles. The number of hydrogen-bond donors (Lipinski definition) is 2.